The summed E-state index contributed by atoms with van der Waals surface area (Å²) in [4.78, 5) is 2.83. The number of allylic oxidation sites excluding steroid dienone is 2. The molecule has 4 fully saturated rings. The molecule has 4 aliphatic carbocycles. The van der Waals surface area contributed by atoms with Gasteiger partial charge in [0, 0.05) is 17.9 Å². The van der Waals surface area contributed by atoms with Crippen LogP contribution in [0.15, 0.2) is 96.3 Å². The number of hydrogen-bond donors (Lipinski definition) is 1. The standard InChI is InChI=1S/C39H57N2P.C15H10.2ClH.Ru/c1-26-21-28(3)37(29(4)22-26)35-25-40-39(41(35)38-30(5)23-27(2)24-31(38)6)34-19-13-14-20-36(34)42(32-15-9-7-10-16-32)33-17-11-8-12-18-33;1-2-6-12(7-3-1)15-11-10-13-8-4-5-9-14(13)15;;;/h21-24,32-33,35-36,40H,7-20,25H2,1-6H3;1-9,11H;2*1H;/q;;;;+2/p-2. The minimum atomic E-state index is -1.88. The van der Waals surface area contributed by atoms with Crippen LogP contribution < -0.4 is 10.2 Å². The molecule has 4 aromatic rings. The van der Waals surface area contributed by atoms with E-state index >= 15 is 0 Å². The summed E-state index contributed by atoms with van der Waals surface area (Å²) in [6, 6.07) is 28.7. The molecule has 0 radical (unpaired) electrons. The van der Waals surface area contributed by atoms with E-state index < -0.39 is 13.5 Å². The molecule has 1 aliphatic heterocycles. The van der Waals surface area contributed by atoms with Gasteiger partial charge in [-0.1, -0.05) is 88.3 Å². The summed E-state index contributed by atoms with van der Waals surface area (Å²) in [7, 11) is 12.4. The summed E-state index contributed by atoms with van der Waals surface area (Å²) in [6.45, 7) is 14.9. The quantitative estimate of drug-likeness (QED) is 0.153. The van der Waals surface area contributed by atoms with Gasteiger partial charge in [-0.2, -0.15) is 0 Å². The van der Waals surface area contributed by atoms with E-state index in [9.17, 15) is 0 Å². The van der Waals surface area contributed by atoms with Crippen LogP contribution in [0, 0.1) is 41.5 Å². The van der Waals surface area contributed by atoms with Crippen LogP contribution in [0.1, 0.15) is 152 Å². The van der Waals surface area contributed by atoms with E-state index in [0.29, 0.717) is 6.04 Å². The van der Waals surface area contributed by atoms with Gasteiger partial charge >= 0.3 is 120 Å². The Morgan fingerprint density at radius 2 is 1.15 bits per heavy atom. The number of nitrogens with one attached hydrogen (secondary N) is 1. The number of aryl methyl sites for hydroxylation is 6. The Morgan fingerprint density at radius 3 is 1.73 bits per heavy atom. The van der Waals surface area contributed by atoms with Crippen molar-refractivity contribution in [2.45, 2.75) is 154 Å². The zero-order valence-electron chi connectivity index (χ0n) is 37.0. The van der Waals surface area contributed by atoms with E-state index in [0.717, 1.165) is 27.6 Å². The van der Waals surface area contributed by atoms with Gasteiger partial charge in [-0.15, -0.1) is 0 Å². The molecule has 2 nitrogen and oxygen atoms in total. The molecule has 1 heterocycles. The first-order chi connectivity index (χ1) is 29.1. The average Bonchev–Trinajstić information content (AvgIpc) is 3.85. The SMILES string of the molecule is Cc1cc(C)c(C2CNC(=C3CCCCC3P(C3CCCCC3)C3CCCCC3)N2c2c(C)cc(C)cc2C)c(C)c1.[Cl][Ru]([Cl])=[C]1C=C(c2ccccc2)c2ccccc21. The van der Waals surface area contributed by atoms with Crippen molar-refractivity contribution in [1.82, 2.24) is 5.32 Å². The fourth-order valence-corrected chi connectivity index (χ4v) is 19.0. The fourth-order valence-electron chi connectivity index (χ4n) is 11.9. The van der Waals surface area contributed by atoms with Crippen molar-refractivity contribution in [2.75, 3.05) is 11.4 Å². The summed E-state index contributed by atoms with van der Waals surface area (Å²) >= 11 is -1.88. The normalized spacial score (nSPS) is 22.6. The molecule has 2 atom stereocenters. The van der Waals surface area contributed by atoms with Crippen molar-refractivity contribution in [3.8, 4) is 0 Å². The molecule has 9 rings (SSSR count). The summed E-state index contributed by atoms with van der Waals surface area (Å²) in [5, 5.41) is 4.17. The van der Waals surface area contributed by atoms with Crippen LogP contribution in [-0.4, -0.2) is 27.6 Å². The van der Waals surface area contributed by atoms with Crippen molar-refractivity contribution >= 4 is 42.7 Å². The zero-order chi connectivity index (χ0) is 41.9. The summed E-state index contributed by atoms with van der Waals surface area (Å²) in [6.07, 6.45) is 22.6. The van der Waals surface area contributed by atoms with E-state index in [1.807, 2.05) is 29.8 Å². The number of halogens is 2. The molecule has 0 amide bonds. The van der Waals surface area contributed by atoms with E-state index in [4.69, 9.17) is 19.4 Å². The first-order valence-corrected chi connectivity index (χ1v) is 29.9. The number of anilines is 1. The van der Waals surface area contributed by atoms with E-state index in [1.54, 1.807) is 0 Å². The van der Waals surface area contributed by atoms with Crippen LogP contribution in [0.3, 0.4) is 0 Å². The molecule has 3 saturated carbocycles. The Hall–Kier alpha value is -2.54. The number of fused-ring (bicyclic) bond motifs is 1. The maximum absolute atomic E-state index is 6.19. The Kier molecular flexibility index (Phi) is 14.6. The van der Waals surface area contributed by atoms with Crippen LogP contribution in [0.5, 0.6) is 0 Å². The van der Waals surface area contributed by atoms with Gasteiger partial charge in [0.2, 0.25) is 0 Å². The van der Waals surface area contributed by atoms with Gasteiger partial charge in [0.25, 0.3) is 0 Å². The Labute approximate surface area is 376 Å². The summed E-state index contributed by atoms with van der Waals surface area (Å²) in [5.74, 6) is 1.51. The van der Waals surface area contributed by atoms with Crippen molar-refractivity contribution in [1.29, 1.82) is 0 Å². The zero-order valence-corrected chi connectivity index (χ0v) is 41.1. The van der Waals surface area contributed by atoms with Gasteiger partial charge < -0.3 is 10.2 Å². The van der Waals surface area contributed by atoms with Gasteiger partial charge in [0.15, 0.2) is 0 Å². The van der Waals surface area contributed by atoms with Crippen LogP contribution in [0.25, 0.3) is 5.57 Å². The number of hydrogen-bond acceptors (Lipinski definition) is 2. The predicted octanol–water partition coefficient (Wildman–Crippen LogP) is 15.6. The predicted molar refractivity (Wildman–Crippen MR) is 260 cm³/mol. The average molecular weight is 947 g/mol. The molecule has 0 bridgehead atoms. The fraction of sp³-hybridized carbons (Fsp3) is 0.463. The second kappa shape index (κ2) is 19.9. The third-order valence-corrected chi connectivity index (χ3v) is 21.3. The number of benzene rings is 4. The molecule has 4 aromatic carbocycles. The Bertz CT molecular complexity index is 2200. The molecule has 1 saturated heterocycles. The van der Waals surface area contributed by atoms with E-state index in [-0.39, 0.29) is 7.92 Å². The number of rotatable bonds is 6. The van der Waals surface area contributed by atoms with Gasteiger partial charge in [0.05, 0.1) is 6.04 Å². The van der Waals surface area contributed by atoms with Crippen molar-refractivity contribution < 1.29 is 13.5 Å². The summed E-state index contributed by atoms with van der Waals surface area (Å²) < 4.78 is 1.12. The topological polar surface area (TPSA) is 15.3 Å². The van der Waals surface area contributed by atoms with Crippen LogP contribution in [-0.2, 0) is 13.5 Å². The molecule has 60 heavy (non-hydrogen) atoms. The van der Waals surface area contributed by atoms with Crippen molar-refractivity contribution in [3.63, 3.8) is 0 Å². The van der Waals surface area contributed by atoms with Crippen LogP contribution in [0.2, 0.25) is 0 Å². The van der Waals surface area contributed by atoms with Crippen molar-refractivity contribution in [2.24, 2.45) is 0 Å². The molecule has 0 aromatic heterocycles. The molecule has 1 N–H and O–H groups in total. The first kappa shape index (κ1) is 44.1. The van der Waals surface area contributed by atoms with E-state index in [1.165, 1.54) is 163 Å². The second-order valence-corrected chi connectivity index (χ2v) is 27.3. The van der Waals surface area contributed by atoms with E-state index in [2.05, 4.69) is 112 Å². The van der Waals surface area contributed by atoms with Gasteiger partial charge in [-0.25, -0.2) is 0 Å². The molecule has 2 unspecified atom stereocenters. The molecule has 5 aliphatic rings. The van der Waals surface area contributed by atoms with Gasteiger partial charge in [-0.3, -0.25) is 0 Å². The second-order valence-electron chi connectivity index (χ2n) is 18.5. The van der Waals surface area contributed by atoms with Gasteiger partial charge in [-0.05, 0) is 131 Å². The molecular formula is C54H67Cl2N2PRu. The van der Waals surface area contributed by atoms with Crippen LogP contribution >= 0.6 is 27.3 Å². The Morgan fingerprint density at radius 1 is 0.617 bits per heavy atom. The number of nitrogens with zero attached hydrogens (tertiary/aromatic N) is 1. The maximum atomic E-state index is 6.19. The minimum absolute atomic E-state index is 0.0112. The molecule has 6 heteroatoms. The van der Waals surface area contributed by atoms with Crippen molar-refractivity contribution in [3.05, 3.63) is 152 Å². The first-order valence-electron chi connectivity index (χ1n) is 23.0. The monoisotopic (exact) mass is 946 g/mol. The third-order valence-electron chi connectivity index (χ3n) is 14.2. The molecule has 320 valence electrons. The van der Waals surface area contributed by atoms with Crippen LogP contribution in [0.4, 0.5) is 5.69 Å². The third kappa shape index (κ3) is 9.38. The molecule has 0 spiro atoms. The summed E-state index contributed by atoms with van der Waals surface area (Å²) in [5.41, 5.74) is 21.0. The van der Waals surface area contributed by atoms with Gasteiger partial charge in [0.1, 0.15) is 5.82 Å². The molecular weight excluding hydrogens is 880 g/mol. The Balaban J connectivity index is 0.000000230.